The number of rotatable bonds is 6. The van der Waals surface area contributed by atoms with Crippen molar-refractivity contribution in [3.63, 3.8) is 0 Å². The van der Waals surface area contributed by atoms with Gasteiger partial charge in [-0.15, -0.1) is 22.7 Å². The highest BCUT2D eigenvalue weighted by Gasteiger charge is 2.22. The maximum Gasteiger partial charge on any atom is 0.340 e. The molecule has 3 aromatic rings. The van der Waals surface area contributed by atoms with Crippen molar-refractivity contribution in [2.45, 2.75) is 25.7 Å². The van der Waals surface area contributed by atoms with Crippen molar-refractivity contribution < 1.29 is 18.7 Å². The number of ether oxygens (including phenoxy) is 1. The number of nitrogens with zero attached hydrogens (tertiary/aromatic N) is 1. The van der Waals surface area contributed by atoms with Crippen LogP contribution in [0.15, 0.2) is 41.8 Å². The summed E-state index contributed by atoms with van der Waals surface area (Å²) < 4.78 is 18.5. The highest BCUT2D eigenvalue weighted by Crippen LogP contribution is 2.37. The fraction of sp³-hybridized carbons (Fsp3) is 0.208. The van der Waals surface area contributed by atoms with Crippen LogP contribution in [0.2, 0.25) is 0 Å². The van der Waals surface area contributed by atoms with Crippen molar-refractivity contribution >= 4 is 51.2 Å². The number of carbonyl (C=O) groups is 2. The molecule has 1 aliphatic carbocycles. The van der Waals surface area contributed by atoms with Gasteiger partial charge in [0.25, 0.3) is 5.91 Å². The lowest BCUT2D eigenvalue weighted by molar-refractivity contribution is -0.141. The third-order valence-corrected chi connectivity index (χ3v) is 7.17. The maximum absolute atomic E-state index is 13.2. The SMILES string of the molecule is N#Cc1c(NC(=O)COC(=O)/C(=C/c2ccc(F)cc2)c2cccs2)sc2c1CCCC2. The van der Waals surface area contributed by atoms with Crippen LogP contribution in [-0.4, -0.2) is 18.5 Å². The Labute approximate surface area is 192 Å². The average Bonchev–Trinajstić information content (AvgIpc) is 3.44. The fourth-order valence-corrected chi connectivity index (χ4v) is 5.52. The quantitative estimate of drug-likeness (QED) is 0.389. The molecule has 162 valence electrons. The Hall–Kier alpha value is -3.28. The van der Waals surface area contributed by atoms with Crippen LogP contribution < -0.4 is 5.32 Å². The summed E-state index contributed by atoms with van der Waals surface area (Å²) in [4.78, 5) is 27.0. The summed E-state index contributed by atoms with van der Waals surface area (Å²) in [6.45, 7) is -0.474. The number of fused-ring (bicyclic) bond motifs is 1. The van der Waals surface area contributed by atoms with Crippen LogP contribution in [-0.2, 0) is 27.2 Å². The molecule has 0 radical (unpaired) electrons. The first-order valence-electron chi connectivity index (χ1n) is 10.1. The number of aryl methyl sites for hydroxylation is 1. The predicted octanol–water partition coefficient (Wildman–Crippen LogP) is 5.42. The second-order valence-electron chi connectivity index (χ2n) is 7.24. The number of esters is 1. The third kappa shape index (κ3) is 4.96. The predicted molar refractivity (Wildman–Crippen MR) is 124 cm³/mol. The van der Waals surface area contributed by atoms with Gasteiger partial charge in [-0.25, -0.2) is 9.18 Å². The van der Waals surface area contributed by atoms with E-state index in [2.05, 4.69) is 11.4 Å². The molecule has 0 atom stereocenters. The lowest BCUT2D eigenvalue weighted by atomic mass is 9.96. The molecule has 8 heteroatoms. The highest BCUT2D eigenvalue weighted by atomic mass is 32.1. The zero-order valence-electron chi connectivity index (χ0n) is 17.0. The van der Waals surface area contributed by atoms with E-state index in [-0.39, 0.29) is 11.4 Å². The molecule has 0 unspecified atom stereocenters. The van der Waals surface area contributed by atoms with E-state index < -0.39 is 18.5 Å². The van der Waals surface area contributed by atoms with Crippen molar-refractivity contribution in [2.24, 2.45) is 0 Å². The molecular weight excluding hydrogens is 447 g/mol. The topological polar surface area (TPSA) is 79.2 Å². The minimum absolute atomic E-state index is 0.281. The molecule has 2 heterocycles. The number of hydrogen-bond donors (Lipinski definition) is 1. The van der Waals surface area contributed by atoms with E-state index in [9.17, 15) is 19.2 Å². The molecule has 0 saturated heterocycles. The van der Waals surface area contributed by atoms with Crippen LogP contribution in [0.5, 0.6) is 0 Å². The Morgan fingerprint density at radius 1 is 1.19 bits per heavy atom. The number of anilines is 1. The highest BCUT2D eigenvalue weighted by molar-refractivity contribution is 7.16. The van der Waals surface area contributed by atoms with E-state index in [0.717, 1.165) is 36.1 Å². The van der Waals surface area contributed by atoms with E-state index in [1.807, 2.05) is 5.38 Å². The van der Waals surface area contributed by atoms with Gasteiger partial charge >= 0.3 is 5.97 Å². The number of thiophene rings is 2. The lowest BCUT2D eigenvalue weighted by Gasteiger charge is -2.09. The molecule has 0 saturated carbocycles. The number of benzene rings is 1. The van der Waals surface area contributed by atoms with E-state index in [0.29, 0.717) is 21.0 Å². The van der Waals surface area contributed by atoms with Crippen molar-refractivity contribution in [3.05, 3.63) is 74.0 Å². The molecule has 0 aliphatic heterocycles. The van der Waals surface area contributed by atoms with Crippen LogP contribution >= 0.6 is 22.7 Å². The molecule has 4 rings (SSSR count). The van der Waals surface area contributed by atoms with E-state index in [1.165, 1.54) is 34.8 Å². The molecule has 0 fully saturated rings. The van der Waals surface area contributed by atoms with Crippen LogP contribution in [0, 0.1) is 17.1 Å². The smallest absolute Gasteiger partial charge is 0.340 e. The minimum atomic E-state index is -0.655. The summed E-state index contributed by atoms with van der Waals surface area (Å²) in [6.07, 6.45) is 5.48. The van der Waals surface area contributed by atoms with Gasteiger partial charge in [-0.1, -0.05) is 18.2 Å². The Morgan fingerprint density at radius 2 is 1.97 bits per heavy atom. The largest absolute Gasteiger partial charge is 0.452 e. The van der Waals surface area contributed by atoms with Gasteiger partial charge in [0, 0.05) is 9.75 Å². The number of amides is 1. The van der Waals surface area contributed by atoms with Crippen LogP contribution in [0.1, 0.15) is 39.3 Å². The van der Waals surface area contributed by atoms with Crippen molar-refractivity contribution in [1.29, 1.82) is 5.26 Å². The van der Waals surface area contributed by atoms with Crippen LogP contribution in [0.25, 0.3) is 11.6 Å². The standard InChI is InChI=1S/C24H19FN2O3S2/c25-16-9-7-15(8-10-16)12-18(20-6-3-11-31-20)24(29)30-14-22(28)27-23-19(13-26)17-4-1-2-5-21(17)32-23/h3,6-12H,1-2,4-5,14H2,(H,27,28)/b18-12+. The Kier molecular flexibility index (Phi) is 6.78. The summed E-state index contributed by atoms with van der Waals surface area (Å²) in [6, 6.07) is 11.5. The first-order valence-corrected chi connectivity index (χ1v) is 11.8. The Morgan fingerprint density at radius 3 is 2.69 bits per heavy atom. The Balaban J connectivity index is 1.46. The molecule has 1 amide bonds. The summed E-state index contributed by atoms with van der Waals surface area (Å²) in [5.41, 5.74) is 2.46. The Bertz CT molecular complexity index is 1210. The van der Waals surface area contributed by atoms with Crippen LogP contribution in [0.3, 0.4) is 0 Å². The molecule has 32 heavy (non-hydrogen) atoms. The van der Waals surface area contributed by atoms with Gasteiger partial charge in [0.05, 0.1) is 11.1 Å². The van der Waals surface area contributed by atoms with Gasteiger partial charge in [0.2, 0.25) is 0 Å². The monoisotopic (exact) mass is 466 g/mol. The first kappa shape index (κ1) is 21.9. The van der Waals surface area contributed by atoms with E-state index >= 15 is 0 Å². The zero-order valence-corrected chi connectivity index (χ0v) is 18.7. The fourth-order valence-electron chi connectivity index (χ4n) is 3.53. The number of halogens is 1. The molecule has 1 aliphatic rings. The van der Waals surface area contributed by atoms with E-state index in [4.69, 9.17) is 4.74 Å². The van der Waals surface area contributed by atoms with Crippen LogP contribution in [0.4, 0.5) is 9.39 Å². The molecule has 5 nitrogen and oxygen atoms in total. The maximum atomic E-state index is 13.2. The average molecular weight is 467 g/mol. The van der Waals surface area contributed by atoms with E-state index in [1.54, 1.807) is 30.3 Å². The van der Waals surface area contributed by atoms with Gasteiger partial charge in [0.15, 0.2) is 6.61 Å². The third-order valence-electron chi connectivity index (χ3n) is 5.06. The number of nitriles is 1. The van der Waals surface area contributed by atoms with Gasteiger partial charge in [0.1, 0.15) is 16.9 Å². The van der Waals surface area contributed by atoms with Gasteiger partial charge in [-0.2, -0.15) is 5.26 Å². The number of nitrogens with one attached hydrogen (secondary N) is 1. The summed E-state index contributed by atoms with van der Waals surface area (Å²) >= 11 is 2.78. The summed E-state index contributed by atoms with van der Waals surface area (Å²) in [7, 11) is 0. The molecule has 2 aromatic heterocycles. The zero-order chi connectivity index (χ0) is 22.5. The molecular formula is C24H19FN2O3S2. The van der Waals surface area contributed by atoms with Crippen molar-refractivity contribution in [3.8, 4) is 6.07 Å². The van der Waals surface area contributed by atoms with Gasteiger partial charge < -0.3 is 10.1 Å². The second kappa shape index (κ2) is 9.90. The summed E-state index contributed by atoms with van der Waals surface area (Å²) in [5, 5.41) is 14.6. The molecule has 1 N–H and O–H groups in total. The minimum Gasteiger partial charge on any atom is -0.452 e. The van der Waals surface area contributed by atoms with Gasteiger partial charge in [-0.3, -0.25) is 4.79 Å². The number of carbonyl (C=O) groups excluding carboxylic acids is 2. The van der Waals surface area contributed by atoms with Gasteiger partial charge in [-0.05, 0) is 66.5 Å². The molecule has 0 bridgehead atoms. The molecule has 1 aromatic carbocycles. The van der Waals surface area contributed by atoms with Crippen molar-refractivity contribution in [1.82, 2.24) is 0 Å². The lowest BCUT2D eigenvalue weighted by Crippen LogP contribution is -2.21. The first-order chi connectivity index (χ1) is 15.5. The summed E-state index contributed by atoms with van der Waals surface area (Å²) in [5.74, 6) is -1.52. The number of hydrogen-bond acceptors (Lipinski definition) is 6. The second-order valence-corrected chi connectivity index (χ2v) is 9.29. The molecule has 0 spiro atoms. The van der Waals surface area contributed by atoms with Crippen molar-refractivity contribution in [2.75, 3.05) is 11.9 Å². The normalized spacial score (nSPS) is 13.2.